The van der Waals surface area contributed by atoms with E-state index in [0.717, 1.165) is 89.1 Å². The topological polar surface area (TPSA) is 115 Å². The van der Waals surface area contributed by atoms with Crippen molar-refractivity contribution >= 4 is 49.3 Å². The molecule has 0 bridgehead atoms. The predicted molar refractivity (Wildman–Crippen MR) is 316 cm³/mol. The average Bonchev–Trinajstić information content (AvgIpc) is 4.19. The zero-order valence-corrected chi connectivity index (χ0v) is 43.1. The fraction of sp³-hybridized carbons (Fsp3) is 0.0145. The summed E-state index contributed by atoms with van der Waals surface area (Å²) in [4.78, 5) is 33.6. The third-order valence-corrected chi connectivity index (χ3v) is 14.7. The van der Waals surface area contributed by atoms with E-state index in [2.05, 4.69) is 10.9 Å². The van der Waals surface area contributed by atoms with Gasteiger partial charge in [0.05, 0.1) is 40.0 Å². The third-order valence-electron chi connectivity index (χ3n) is 14.7. The van der Waals surface area contributed by atoms with Gasteiger partial charge in [0.2, 0.25) is 0 Å². The first kappa shape index (κ1) is 48.9. The number of alkyl halides is 3. The largest absolute Gasteiger partial charge is 0.415 e. The van der Waals surface area contributed by atoms with E-state index in [4.69, 9.17) is 36.5 Å². The molecule has 4 aromatic heterocycles. The van der Waals surface area contributed by atoms with E-state index in [1.165, 1.54) is 6.07 Å². The second-order valence-electron chi connectivity index (χ2n) is 19.6. The van der Waals surface area contributed by atoms with Crippen LogP contribution in [0.5, 0.6) is 0 Å². The van der Waals surface area contributed by atoms with Crippen LogP contribution in [0.15, 0.2) is 237 Å². The predicted octanol–water partition coefficient (Wildman–Crippen LogP) is 17.4. The van der Waals surface area contributed by atoms with Gasteiger partial charge in [-0.05, 0) is 77.9 Å². The molecule has 0 amide bonds. The van der Waals surface area contributed by atoms with Crippen LogP contribution in [0.25, 0.3) is 139 Å². The second-order valence-corrected chi connectivity index (χ2v) is 19.6. The number of rotatable bonds is 9. The molecule has 0 atom stereocenters. The van der Waals surface area contributed by atoms with Crippen LogP contribution in [0.3, 0.4) is 0 Å². The number of nitrogens with zero attached hydrogens (tertiary/aromatic N) is 10. The summed E-state index contributed by atoms with van der Waals surface area (Å²) in [6.07, 6.45) is -4.69. The highest BCUT2D eigenvalue weighted by Gasteiger charge is 2.32. The summed E-state index contributed by atoms with van der Waals surface area (Å²) in [6, 6.07) is 76.1. The Hall–Kier alpha value is -11.4. The summed E-state index contributed by atoms with van der Waals surface area (Å²) >= 11 is 0. The first-order chi connectivity index (χ1) is 40.2. The van der Waals surface area contributed by atoms with E-state index >= 15 is 0 Å². The van der Waals surface area contributed by atoms with Gasteiger partial charge in [-0.3, -0.25) is 0 Å². The molecule has 82 heavy (non-hydrogen) atoms. The van der Waals surface area contributed by atoms with Crippen LogP contribution < -0.4 is 0 Å². The first-order valence-corrected chi connectivity index (χ1v) is 26.2. The van der Waals surface area contributed by atoms with Gasteiger partial charge < -0.3 is 9.13 Å². The Kier molecular flexibility index (Phi) is 11.8. The van der Waals surface area contributed by atoms with Crippen LogP contribution in [-0.2, 0) is 6.18 Å². The van der Waals surface area contributed by atoms with Crippen molar-refractivity contribution in [2.45, 2.75) is 6.18 Å². The molecule has 0 N–H and O–H groups in total. The van der Waals surface area contributed by atoms with E-state index < -0.39 is 11.7 Å². The molecule has 13 heteroatoms. The number of para-hydroxylation sites is 2. The Balaban J connectivity index is 1.01. The minimum atomic E-state index is -4.69. The van der Waals surface area contributed by atoms with E-state index in [1.807, 2.05) is 215 Å². The molecule has 4 heterocycles. The van der Waals surface area contributed by atoms with Crippen molar-refractivity contribution in [1.82, 2.24) is 39.0 Å². The Labute approximate surface area is 466 Å². The maximum Gasteiger partial charge on any atom is 0.415 e. The lowest BCUT2D eigenvalue weighted by Crippen LogP contribution is -2.06. The smallest absolute Gasteiger partial charge is 0.308 e. The van der Waals surface area contributed by atoms with Crippen LogP contribution >= 0.6 is 0 Å². The van der Waals surface area contributed by atoms with Crippen LogP contribution in [0.2, 0.25) is 0 Å². The van der Waals surface area contributed by atoms with E-state index in [1.54, 1.807) is 12.1 Å². The standard InChI is InChI=1S/C69H39F3N10/c1-74-56-40-49(69(70,71)72)32-33-50(56)48-38-61(81-57-28-16-14-26-51(57)53-36-46(30-34-59(53)81)67-77-63(42-18-6-2-7-19-42)75-64(78-67)43-20-8-3-9-21-43)55(41-73)62(39-48)82-58-29-17-15-27-52(58)54-37-47(31-35-60(54)82)68-79-65(44-22-10-4-11-23-44)76-66(80-68)45-24-12-5-13-25-45/h2-40H. The molecule has 10 nitrogen and oxygen atoms in total. The molecule has 0 saturated carbocycles. The first-order valence-electron chi connectivity index (χ1n) is 26.2. The van der Waals surface area contributed by atoms with Crippen molar-refractivity contribution < 1.29 is 13.2 Å². The van der Waals surface area contributed by atoms with Crippen molar-refractivity contribution in [1.29, 1.82) is 5.26 Å². The summed E-state index contributed by atoms with van der Waals surface area (Å²) in [7, 11) is 0. The van der Waals surface area contributed by atoms with Crippen LogP contribution in [0.4, 0.5) is 18.9 Å². The summed E-state index contributed by atoms with van der Waals surface area (Å²) in [5.74, 6) is 2.97. The van der Waals surface area contributed by atoms with Crippen molar-refractivity contribution in [3.05, 3.63) is 259 Å². The Morgan fingerprint density at radius 2 is 0.720 bits per heavy atom. The van der Waals surface area contributed by atoms with Crippen molar-refractivity contribution in [2.24, 2.45) is 0 Å². The van der Waals surface area contributed by atoms with E-state index in [0.29, 0.717) is 51.9 Å². The van der Waals surface area contributed by atoms with Gasteiger partial charge in [-0.15, -0.1) is 0 Å². The van der Waals surface area contributed by atoms with Gasteiger partial charge in [-0.2, -0.15) is 18.4 Å². The molecule has 0 aliphatic carbocycles. The van der Waals surface area contributed by atoms with E-state index in [-0.39, 0.29) is 16.8 Å². The van der Waals surface area contributed by atoms with Gasteiger partial charge in [-0.25, -0.2) is 34.7 Å². The summed E-state index contributed by atoms with van der Waals surface area (Å²) in [6.45, 7) is 8.23. The molecule has 0 spiro atoms. The maximum atomic E-state index is 14.3. The zero-order valence-electron chi connectivity index (χ0n) is 43.1. The number of benzene rings is 10. The SMILES string of the molecule is [C-]#[N+]c1cc(C(F)(F)F)ccc1-c1cc(-n2c3ccccc3c3cc(-c4nc(-c5ccccc5)nc(-c5ccccc5)n4)ccc32)c(C#N)c(-n2c3ccccc3c3cc(-c4nc(-c5ccccc5)nc(-c5ccccc5)n4)ccc32)c1. The lowest BCUT2D eigenvalue weighted by molar-refractivity contribution is -0.137. The summed E-state index contributed by atoms with van der Waals surface area (Å²) < 4.78 is 47.0. The molecule has 386 valence electrons. The van der Waals surface area contributed by atoms with Crippen molar-refractivity contribution in [3.8, 4) is 96.9 Å². The van der Waals surface area contributed by atoms with Gasteiger partial charge in [0.25, 0.3) is 0 Å². The van der Waals surface area contributed by atoms with Crippen LogP contribution in [0, 0.1) is 17.9 Å². The van der Waals surface area contributed by atoms with E-state index in [9.17, 15) is 18.4 Å². The molecular weight excluding hydrogens is 1030 g/mol. The average molecular weight is 1070 g/mol. The fourth-order valence-electron chi connectivity index (χ4n) is 10.9. The number of aromatic nitrogens is 8. The highest BCUT2D eigenvalue weighted by Crippen LogP contribution is 2.44. The fourth-order valence-corrected chi connectivity index (χ4v) is 10.9. The highest BCUT2D eigenvalue weighted by atomic mass is 19.4. The number of fused-ring (bicyclic) bond motifs is 6. The Morgan fingerprint density at radius 1 is 0.366 bits per heavy atom. The van der Waals surface area contributed by atoms with Gasteiger partial charge in [-0.1, -0.05) is 170 Å². The minimum Gasteiger partial charge on any atom is -0.308 e. The summed E-state index contributed by atoms with van der Waals surface area (Å²) in [5, 5.41) is 15.1. The zero-order chi connectivity index (χ0) is 55.5. The Bertz CT molecular complexity index is 4550. The van der Waals surface area contributed by atoms with Gasteiger partial charge in [0.1, 0.15) is 11.6 Å². The third kappa shape index (κ3) is 8.54. The molecule has 0 saturated heterocycles. The quantitative estimate of drug-likeness (QED) is 0.132. The number of hydrogen-bond acceptors (Lipinski definition) is 7. The molecule has 14 rings (SSSR count). The highest BCUT2D eigenvalue weighted by molar-refractivity contribution is 6.12. The lowest BCUT2D eigenvalue weighted by atomic mass is 9.97. The van der Waals surface area contributed by atoms with Gasteiger partial charge in [0, 0.05) is 60.5 Å². The molecule has 0 unspecified atom stereocenters. The van der Waals surface area contributed by atoms with Crippen LogP contribution in [-0.4, -0.2) is 39.0 Å². The number of nitriles is 1. The molecule has 14 aromatic rings. The molecule has 0 aliphatic rings. The van der Waals surface area contributed by atoms with Gasteiger partial charge in [0.15, 0.2) is 40.6 Å². The monoisotopic (exact) mass is 1060 g/mol. The normalized spacial score (nSPS) is 11.6. The molecule has 0 aliphatic heterocycles. The number of hydrogen-bond donors (Lipinski definition) is 0. The second kappa shape index (κ2) is 19.8. The van der Waals surface area contributed by atoms with Gasteiger partial charge >= 0.3 is 6.18 Å². The molecule has 0 fully saturated rings. The lowest BCUT2D eigenvalue weighted by Gasteiger charge is -2.19. The summed E-state index contributed by atoms with van der Waals surface area (Å²) in [5.41, 5.74) is 8.45. The maximum absolute atomic E-state index is 14.3. The molecule has 0 radical (unpaired) electrons. The van der Waals surface area contributed by atoms with Crippen LogP contribution in [0.1, 0.15) is 11.1 Å². The minimum absolute atomic E-state index is 0.195. The van der Waals surface area contributed by atoms with Crippen molar-refractivity contribution in [2.75, 3.05) is 0 Å². The molecule has 10 aromatic carbocycles. The Morgan fingerprint density at radius 3 is 1.09 bits per heavy atom. The molecular formula is C69H39F3N10. The number of halogens is 3. The van der Waals surface area contributed by atoms with Crippen molar-refractivity contribution in [3.63, 3.8) is 0 Å².